The van der Waals surface area contributed by atoms with Gasteiger partial charge < -0.3 is 5.11 Å². The van der Waals surface area contributed by atoms with Gasteiger partial charge in [0.15, 0.2) is 0 Å². The lowest BCUT2D eigenvalue weighted by molar-refractivity contribution is -0.213. The number of aromatic nitrogens is 2. The quantitative estimate of drug-likeness (QED) is 0.748. The molecule has 0 radical (unpaired) electrons. The van der Waals surface area contributed by atoms with Crippen LogP contribution >= 0.6 is 0 Å². The Morgan fingerprint density at radius 2 is 1.76 bits per heavy atom. The SMILES string of the molecule is O=C(NN(C1CCC1)C1(C2C3CC4CC2CC(O)(C4)C3)CCC1)c1cncnc1. The minimum absolute atomic E-state index is 0.0776. The zero-order chi connectivity index (χ0) is 19.6. The summed E-state index contributed by atoms with van der Waals surface area (Å²) in [6.07, 6.45) is 17.4. The normalized spacial score (nSPS) is 39.8. The third kappa shape index (κ3) is 2.78. The van der Waals surface area contributed by atoms with Gasteiger partial charge in [0.2, 0.25) is 0 Å². The second kappa shape index (κ2) is 6.48. The first-order chi connectivity index (χ1) is 14.1. The van der Waals surface area contributed by atoms with Crippen molar-refractivity contribution in [2.75, 3.05) is 0 Å². The van der Waals surface area contributed by atoms with Gasteiger partial charge in [0.05, 0.1) is 11.2 Å². The van der Waals surface area contributed by atoms with E-state index in [1.807, 2.05) is 0 Å². The molecule has 6 aliphatic carbocycles. The molecule has 0 spiro atoms. The van der Waals surface area contributed by atoms with Gasteiger partial charge in [0, 0.05) is 24.0 Å². The first-order valence-corrected chi connectivity index (χ1v) is 11.6. The van der Waals surface area contributed by atoms with Crippen LogP contribution in [0, 0.1) is 23.7 Å². The zero-order valence-corrected chi connectivity index (χ0v) is 17.1. The van der Waals surface area contributed by atoms with Gasteiger partial charge in [0.25, 0.3) is 5.91 Å². The summed E-state index contributed by atoms with van der Waals surface area (Å²) in [5.74, 6) is 2.49. The first kappa shape index (κ1) is 18.3. The van der Waals surface area contributed by atoms with E-state index < -0.39 is 5.60 Å². The lowest BCUT2D eigenvalue weighted by atomic mass is 9.44. The van der Waals surface area contributed by atoms with Crippen molar-refractivity contribution >= 4 is 5.91 Å². The Morgan fingerprint density at radius 3 is 2.28 bits per heavy atom. The van der Waals surface area contributed by atoms with Crippen molar-refractivity contribution in [3.63, 3.8) is 0 Å². The molecule has 2 atom stereocenters. The third-order valence-electron chi connectivity index (χ3n) is 9.05. The van der Waals surface area contributed by atoms with Crippen molar-refractivity contribution in [1.29, 1.82) is 0 Å². The fraction of sp³-hybridized carbons (Fsp3) is 0.783. The van der Waals surface area contributed by atoms with E-state index >= 15 is 0 Å². The van der Waals surface area contributed by atoms with Crippen LogP contribution in [0.2, 0.25) is 0 Å². The molecule has 1 heterocycles. The molecule has 1 aromatic heterocycles. The highest BCUT2D eigenvalue weighted by Gasteiger charge is 2.63. The summed E-state index contributed by atoms with van der Waals surface area (Å²) in [5.41, 5.74) is 3.56. The molecule has 4 bridgehead atoms. The Hall–Kier alpha value is -1.53. The molecule has 6 nitrogen and oxygen atoms in total. The van der Waals surface area contributed by atoms with E-state index in [9.17, 15) is 9.90 Å². The Balaban J connectivity index is 1.31. The fourth-order valence-electron chi connectivity index (χ4n) is 7.93. The Morgan fingerprint density at radius 1 is 1.07 bits per heavy atom. The monoisotopic (exact) mass is 396 g/mol. The number of carbonyl (C=O) groups excluding carboxylic acids is 1. The van der Waals surface area contributed by atoms with E-state index in [1.165, 1.54) is 57.7 Å². The highest BCUT2D eigenvalue weighted by Crippen LogP contribution is 2.64. The number of carbonyl (C=O) groups is 1. The van der Waals surface area contributed by atoms with Gasteiger partial charge in [-0.3, -0.25) is 10.2 Å². The number of rotatable bonds is 5. The summed E-state index contributed by atoms with van der Waals surface area (Å²) in [6.45, 7) is 0. The predicted octanol–water partition coefficient (Wildman–Crippen LogP) is 3.09. The Bertz CT molecular complexity index is 775. The Labute approximate surface area is 172 Å². The van der Waals surface area contributed by atoms with Crippen LogP contribution in [-0.4, -0.2) is 43.2 Å². The molecule has 2 unspecified atom stereocenters. The van der Waals surface area contributed by atoms with Crippen LogP contribution in [0.1, 0.15) is 81.0 Å². The maximum absolute atomic E-state index is 13.1. The molecule has 6 fully saturated rings. The fourth-order valence-corrected chi connectivity index (χ4v) is 7.93. The van der Waals surface area contributed by atoms with Crippen molar-refractivity contribution in [2.45, 2.75) is 87.8 Å². The molecule has 6 aliphatic rings. The molecule has 1 aromatic rings. The van der Waals surface area contributed by atoms with Gasteiger partial charge in [-0.25, -0.2) is 15.0 Å². The molecule has 6 heteroatoms. The summed E-state index contributed by atoms with van der Waals surface area (Å²) >= 11 is 0. The second-order valence-corrected chi connectivity index (χ2v) is 10.7. The maximum Gasteiger partial charge on any atom is 0.268 e. The number of hydrogen-bond donors (Lipinski definition) is 2. The molecule has 29 heavy (non-hydrogen) atoms. The zero-order valence-electron chi connectivity index (χ0n) is 17.1. The third-order valence-corrected chi connectivity index (χ3v) is 9.05. The summed E-state index contributed by atoms with van der Waals surface area (Å²) in [5, 5.41) is 13.5. The van der Waals surface area contributed by atoms with Crippen molar-refractivity contribution in [3.05, 3.63) is 24.3 Å². The number of aliphatic hydroxyl groups is 1. The number of nitrogens with zero attached hydrogens (tertiary/aromatic N) is 3. The van der Waals surface area contributed by atoms with Crippen LogP contribution in [-0.2, 0) is 0 Å². The summed E-state index contributed by atoms with van der Waals surface area (Å²) in [4.78, 5) is 21.1. The van der Waals surface area contributed by atoms with Crippen molar-refractivity contribution in [1.82, 2.24) is 20.4 Å². The predicted molar refractivity (Wildman–Crippen MR) is 108 cm³/mol. The van der Waals surface area contributed by atoms with Gasteiger partial charge in [0.1, 0.15) is 6.33 Å². The molecular weight excluding hydrogens is 364 g/mol. The number of amides is 1. The van der Waals surface area contributed by atoms with E-state index in [4.69, 9.17) is 0 Å². The van der Waals surface area contributed by atoms with Gasteiger partial charge in [-0.2, -0.15) is 0 Å². The number of hydrogen-bond acceptors (Lipinski definition) is 5. The van der Waals surface area contributed by atoms with E-state index in [0.29, 0.717) is 29.4 Å². The molecule has 156 valence electrons. The van der Waals surface area contributed by atoms with Crippen LogP contribution in [0.15, 0.2) is 18.7 Å². The minimum atomic E-state index is -0.399. The van der Waals surface area contributed by atoms with E-state index in [-0.39, 0.29) is 11.4 Å². The topological polar surface area (TPSA) is 78.4 Å². The molecule has 7 rings (SSSR count). The summed E-state index contributed by atoms with van der Waals surface area (Å²) in [7, 11) is 0. The van der Waals surface area contributed by atoms with Crippen molar-refractivity contribution in [2.24, 2.45) is 23.7 Å². The van der Waals surface area contributed by atoms with Crippen LogP contribution in [0.4, 0.5) is 0 Å². The molecular formula is C23H32N4O2. The van der Waals surface area contributed by atoms with Gasteiger partial charge in [-0.15, -0.1) is 0 Å². The lowest BCUT2D eigenvalue weighted by Gasteiger charge is -2.67. The van der Waals surface area contributed by atoms with Crippen LogP contribution in [0.3, 0.4) is 0 Å². The number of nitrogens with one attached hydrogen (secondary N) is 1. The standard InChI is InChI=1S/C23H32N4O2/c28-21(18-12-24-14-25-13-18)26-27(19-3-1-4-19)23(5-2-6-23)20-16-7-15-8-17(20)11-22(29,9-15)10-16/h12-17,19-20,29H,1-11H2,(H,26,28). The number of hydrazine groups is 1. The van der Waals surface area contributed by atoms with E-state index in [1.54, 1.807) is 12.4 Å². The summed E-state index contributed by atoms with van der Waals surface area (Å²) in [6, 6.07) is 0.448. The largest absolute Gasteiger partial charge is 0.390 e. The second-order valence-electron chi connectivity index (χ2n) is 10.7. The van der Waals surface area contributed by atoms with Crippen LogP contribution in [0.25, 0.3) is 0 Å². The lowest BCUT2D eigenvalue weighted by Crippen LogP contribution is -2.73. The van der Waals surface area contributed by atoms with Crippen LogP contribution in [0.5, 0.6) is 0 Å². The van der Waals surface area contributed by atoms with Gasteiger partial charge in [-0.1, -0.05) is 6.42 Å². The van der Waals surface area contributed by atoms with Crippen molar-refractivity contribution in [3.8, 4) is 0 Å². The van der Waals surface area contributed by atoms with Crippen LogP contribution < -0.4 is 5.43 Å². The van der Waals surface area contributed by atoms with E-state index in [2.05, 4.69) is 20.4 Å². The van der Waals surface area contributed by atoms with Crippen molar-refractivity contribution < 1.29 is 9.90 Å². The van der Waals surface area contributed by atoms with E-state index in [0.717, 1.165) is 25.2 Å². The average Bonchev–Trinajstić information content (AvgIpc) is 2.60. The van der Waals surface area contributed by atoms with Gasteiger partial charge in [-0.05, 0) is 87.9 Å². The molecule has 0 aliphatic heterocycles. The smallest absolute Gasteiger partial charge is 0.268 e. The molecule has 2 N–H and O–H groups in total. The van der Waals surface area contributed by atoms with Gasteiger partial charge >= 0.3 is 0 Å². The molecule has 6 saturated carbocycles. The minimum Gasteiger partial charge on any atom is -0.390 e. The average molecular weight is 397 g/mol. The maximum atomic E-state index is 13.1. The molecule has 0 aromatic carbocycles. The highest BCUT2D eigenvalue weighted by molar-refractivity contribution is 5.93. The highest BCUT2D eigenvalue weighted by atomic mass is 16.3. The molecule has 1 amide bonds. The summed E-state index contributed by atoms with van der Waals surface area (Å²) < 4.78 is 0. The Kier molecular flexibility index (Phi) is 4.08. The molecule has 0 saturated heterocycles. The first-order valence-electron chi connectivity index (χ1n) is 11.6.